The second kappa shape index (κ2) is 5.60. The molecule has 1 aliphatic carbocycles. The van der Waals surface area contributed by atoms with Crippen molar-refractivity contribution in [2.24, 2.45) is 16.5 Å². The molecule has 0 unspecified atom stereocenters. The van der Waals surface area contributed by atoms with E-state index >= 15 is 0 Å². The number of nitrogens with two attached hydrogens (primary N) is 2. The zero-order chi connectivity index (χ0) is 16.6. The Balaban J connectivity index is 1.91. The van der Waals surface area contributed by atoms with Gasteiger partial charge in [0.2, 0.25) is 0 Å². The van der Waals surface area contributed by atoms with Crippen molar-refractivity contribution < 1.29 is 13.2 Å². The number of aliphatic imine (C=N–C) groups is 1. The molecule has 0 radical (unpaired) electrons. The lowest BCUT2D eigenvalue weighted by Crippen LogP contribution is -2.22. The molecule has 1 aromatic heterocycles. The van der Waals surface area contributed by atoms with Crippen molar-refractivity contribution in [1.29, 1.82) is 0 Å². The number of aromatic nitrogens is 2. The average molecular weight is 323 g/mol. The molecule has 2 aromatic rings. The third kappa shape index (κ3) is 3.46. The second-order valence-corrected chi connectivity index (χ2v) is 5.52. The van der Waals surface area contributed by atoms with Gasteiger partial charge < -0.3 is 16.0 Å². The van der Waals surface area contributed by atoms with E-state index in [0.717, 1.165) is 24.6 Å². The van der Waals surface area contributed by atoms with E-state index < -0.39 is 11.9 Å². The minimum atomic E-state index is -4.44. The summed E-state index contributed by atoms with van der Waals surface area (Å²) in [7, 11) is 0. The van der Waals surface area contributed by atoms with E-state index in [1.165, 1.54) is 0 Å². The van der Waals surface area contributed by atoms with Gasteiger partial charge in [0.15, 0.2) is 11.7 Å². The SMILES string of the molecule is NC(N)=NCc1ccc(-c2nc(C(F)(F)F)cn2C2CC2)cc1. The normalized spacial score (nSPS) is 14.7. The fourth-order valence-electron chi connectivity index (χ4n) is 2.32. The van der Waals surface area contributed by atoms with Gasteiger partial charge >= 0.3 is 6.18 Å². The highest BCUT2D eigenvalue weighted by molar-refractivity contribution is 5.75. The summed E-state index contributed by atoms with van der Waals surface area (Å²) in [6.07, 6.45) is -1.59. The van der Waals surface area contributed by atoms with Gasteiger partial charge in [-0.1, -0.05) is 24.3 Å². The number of hydrogen-bond donors (Lipinski definition) is 2. The fourth-order valence-corrected chi connectivity index (χ4v) is 2.32. The quantitative estimate of drug-likeness (QED) is 0.670. The number of benzene rings is 1. The number of nitrogens with zero attached hydrogens (tertiary/aromatic N) is 3. The van der Waals surface area contributed by atoms with Gasteiger partial charge in [-0.15, -0.1) is 0 Å². The third-order valence-corrected chi connectivity index (χ3v) is 3.62. The van der Waals surface area contributed by atoms with Crippen molar-refractivity contribution in [1.82, 2.24) is 9.55 Å². The van der Waals surface area contributed by atoms with Crippen LogP contribution in [0.1, 0.15) is 30.1 Å². The molecule has 4 N–H and O–H groups in total. The van der Waals surface area contributed by atoms with E-state index in [4.69, 9.17) is 11.5 Å². The Kier molecular flexibility index (Phi) is 3.75. The monoisotopic (exact) mass is 323 g/mol. The molecule has 122 valence electrons. The Labute approximate surface area is 130 Å². The van der Waals surface area contributed by atoms with E-state index in [-0.39, 0.29) is 12.0 Å². The van der Waals surface area contributed by atoms with Gasteiger partial charge in [-0.2, -0.15) is 13.2 Å². The van der Waals surface area contributed by atoms with Crippen LogP contribution in [-0.2, 0) is 12.7 Å². The van der Waals surface area contributed by atoms with Gasteiger partial charge in [0.25, 0.3) is 0 Å². The number of imidazole rings is 1. The van der Waals surface area contributed by atoms with Crippen LogP contribution in [0.25, 0.3) is 11.4 Å². The summed E-state index contributed by atoms with van der Waals surface area (Å²) in [6, 6.07) is 7.13. The van der Waals surface area contributed by atoms with Gasteiger partial charge in [-0.25, -0.2) is 9.98 Å². The maximum atomic E-state index is 12.9. The standard InChI is InChI=1S/C15H16F3N5/c16-15(17,18)12-8-23(11-5-6-11)13(22-12)10-3-1-9(2-4-10)7-21-14(19)20/h1-4,8,11H,5-7H2,(H4,19,20,21). The number of guanidine groups is 1. The molecule has 1 saturated carbocycles. The van der Waals surface area contributed by atoms with Crippen LogP contribution in [0.2, 0.25) is 0 Å². The average Bonchev–Trinajstić information content (AvgIpc) is 3.23. The van der Waals surface area contributed by atoms with Crippen molar-refractivity contribution in [3.05, 3.63) is 41.7 Å². The molecule has 8 heteroatoms. The zero-order valence-corrected chi connectivity index (χ0v) is 12.2. The first-order valence-corrected chi connectivity index (χ1v) is 7.15. The highest BCUT2D eigenvalue weighted by atomic mass is 19.4. The van der Waals surface area contributed by atoms with Crippen LogP contribution in [-0.4, -0.2) is 15.5 Å². The van der Waals surface area contributed by atoms with Crippen LogP contribution in [0.5, 0.6) is 0 Å². The van der Waals surface area contributed by atoms with E-state index in [1.54, 1.807) is 28.8 Å². The van der Waals surface area contributed by atoms with Crippen molar-refractivity contribution in [2.75, 3.05) is 0 Å². The van der Waals surface area contributed by atoms with Gasteiger partial charge in [-0.3, -0.25) is 0 Å². The molecule has 1 aliphatic rings. The van der Waals surface area contributed by atoms with Crippen LogP contribution in [0.3, 0.4) is 0 Å². The summed E-state index contributed by atoms with van der Waals surface area (Å²) in [4.78, 5) is 7.68. The summed E-state index contributed by atoms with van der Waals surface area (Å²) >= 11 is 0. The predicted octanol–water partition coefficient (Wildman–Crippen LogP) is 2.68. The van der Waals surface area contributed by atoms with E-state index in [2.05, 4.69) is 9.98 Å². The fraction of sp³-hybridized carbons (Fsp3) is 0.333. The number of hydrogen-bond acceptors (Lipinski definition) is 2. The maximum Gasteiger partial charge on any atom is 0.434 e. The van der Waals surface area contributed by atoms with Crippen molar-refractivity contribution in [2.45, 2.75) is 31.6 Å². The minimum absolute atomic E-state index is 0.00632. The topological polar surface area (TPSA) is 82.2 Å². The highest BCUT2D eigenvalue weighted by Crippen LogP contribution is 2.40. The molecule has 0 bridgehead atoms. The molecule has 0 amide bonds. The molecule has 0 saturated heterocycles. The van der Waals surface area contributed by atoms with Crippen LogP contribution >= 0.6 is 0 Å². The third-order valence-electron chi connectivity index (χ3n) is 3.62. The van der Waals surface area contributed by atoms with Gasteiger partial charge in [0, 0.05) is 17.8 Å². The van der Waals surface area contributed by atoms with Gasteiger partial charge in [0.05, 0.1) is 6.54 Å². The number of halogens is 3. The number of alkyl halides is 3. The second-order valence-electron chi connectivity index (χ2n) is 5.52. The minimum Gasteiger partial charge on any atom is -0.370 e. The summed E-state index contributed by atoms with van der Waals surface area (Å²) in [5.74, 6) is 0.335. The lowest BCUT2D eigenvalue weighted by atomic mass is 10.1. The molecular weight excluding hydrogens is 307 g/mol. The lowest BCUT2D eigenvalue weighted by molar-refractivity contribution is -0.140. The van der Waals surface area contributed by atoms with Crippen LogP contribution < -0.4 is 11.5 Å². The van der Waals surface area contributed by atoms with E-state index in [0.29, 0.717) is 17.9 Å². The Hall–Kier alpha value is -2.51. The summed E-state index contributed by atoms with van der Waals surface area (Å²) in [5, 5.41) is 0. The highest BCUT2D eigenvalue weighted by Gasteiger charge is 2.37. The first-order chi connectivity index (χ1) is 10.8. The molecule has 5 nitrogen and oxygen atoms in total. The first kappa shape index (κ1) is 15.4. The summed E-state index contributed by atoms with van der Waals surface area (Å²) in [5.41, 5.74) is 11.2. The number of rotatable bonds is 4. The lowest BCUT2D eigenvalue weighted by Gasteiger charge is -2.06. The molecule has 1 fully saturated rings. The van der Waals surface area contributed by atoms with Crippen LogP contribution in [0.15, 0.2) is 35.5 Å². The molecule has 0 spiro atoms. The van der Waals surface area contributed by atoms with Crippen molar-refractivity contribution >= 4 is 5.96 Å². The molecule has 0 aliphatic heterocycles. The van der Waals surface area contributed by atoms with Gasteiger partial charge in [-0.05, 0) is 18.4 Å². The van der Waals surface area contributed by atoms with Crippen molar-refractivity contribution in [3.8, 4) is 11.4 Å². The van der Waals surface area contributed by atoms with Gasteiger partial charge in [0.1, 0.15) is 5.82 Å². The smallest absolute Gasteiger partial charge is 0.370 e. The first-order valence-electron chi connectivity index (χ1n) is 7.15. The largest absolute Gasteiger partial charge is 0.434 e. The Morgan fingerprint density at radius 1 is 1.22 bits per heavy atom. The Bertz CT molecular complexity index is 723. The van der Waals surface area contributed by atoms with Crippen LogP contribution in [0.4, 0.5) is 13.2 Å². The Morgan fingerprint density at radius 2 is 1.87 bits per heavy atom. The summed E-state index contributed by atoms with van der Waals surface area (Å²) in [6.45, 7) is 0.327. The molecule has 3 rings (SSSR count). The molecule has 23 heavy (non-hydrogen) atoms. The van der Waals surface area contributed by atoms with Crippen LogP contribution in [0, 0.1) is 0 Å². The van der Waals surface area contributed by atoms with E-state index in [9.17, 15) is 13.2 Å². The molecule has 1 aromatic carbocycles. The zero-order valence-electron chi connectivity index (χ0n) is 12.2. The molecular formula is C15H16F3N5. The van der Waals surface area contributed by atoms with E-state index in [1.807, 2.05) is 0 Å². The predicted molar refractivity (Wildman–Crippen MR) is 80.4 cm³/mol. The summed E-state index contributed by atoms with van der Waals surface area (Å²) < 4.78 is 40.3. The maximum absolute atomic E-state index is 12.9. The molecule has 1 heterocycles. The van der Waals surface area contributed by atoms with Crippen molar-refractivity contribution in [3.63, 3.8) is 0 Å². The Morgan fingerprint density at radius 3 is 2.39 bits per heavy atom. The molecule has 0 atom stereocenters.